The molecule has 3 nitrogen and oxygen atoms in total. The lowest BCUT2D eigenvalue weighted by atomic mass is 9.99. The molecule has 1 heterocycles. The summed E-state index contributed by atoms with van der Waals surface area (Å²) in [4.78, 5) is 2.33. The van der Waals surface area contributed by atoms with Gasteiger partial charge in [-0.25, -0.2) is 0 Å². The highest BCUT2D eigenvalue weighted by atomic mass is 35.5. The molecule has 1 saturated heterocycles. The lowest BCUT2D eigenvalue weighted by molar-refractivity contribution is 0.0576. The predicted molar refractivity (Wildman–Crippen MR) is 90.2 cm³/mol. The Hall–Kier alpha value is -0.770. The molecule has 4 heteroatoms. The molecule has 2 atom stereocenters. The van der Waals surface area contributed by atoms with E-state index in [0.717, 1.165) is 37.6 Å². The molecule has 1 aliphatic heterocycles. The fourth-order valence-electron chi connectivity index (χ4n) is 2.95. The molecule has 0 amide bonds. The van der Waals surface area contributed by atoms with E-state index in [1.54, 1.807) is 0 Å². The van der Waals surface area contributed by atoms with Crippen LogP contribution in [0.4, 0.5) is 5.69 Å². The van der Waals surface area contributed by atoms with Gasteiger partial charge in [-0.15, -0.1) is 0 Å². The zero-order valence-electron chi connectivity index (χ0n) is 13.1. The zero-order valence-corrected chi connectivity index (χ0v) is 13.9. The molecule has 1 aromatic carbocycles. The Bertz CT molecular complexity index is 446. The van der Waals surface area contributed by atoms with Crippen molar-refractivity contribution < 1.29 is 4.74 Å². The van der Waals surface area contributed by atoms with Gasteiger partial charge in [0.1, 0.15) is 0 Å². The van der Waals surface area contributed by atoms with Crippen molar-refractivity contribution in [2.75, 3.05) is 31.7 Å². The standard InChI is InChI=1S/C17H27ClN2O/c1-3-16(19)10-14-9-15(18)6-7-17(14)20(2)11-13-5-4-8-21-12-13/h6-7,9,13,16H,3-5,8,10-12,19H2,1-2H3. The van der Waals surface area contributed by atoms with E-state index in [1.807, 2.05) is 6.07 Å². The maximum atomic E-state index is 6.16. The van der Waals surface area contributed by atoms with Gasteiger partial charge >= 0.3 is 0 Å². The van der Waals surface area contributed by atoms with Crippen molar-refractivity contribution in [2.24, 2.45) is 11.7 Å². The first-order valence-corrected chi connectivity index (χ1v) is 8.30. The number of anilines is 1. The zero-order chi connectivity index (χ0) is 15.2. The Balaban J connectivity index is 2.09. The van der Waals surface area contributed by atoms with Crippen molar-refractivity contribution in [3.63, 3.8) is 0 Å². The minimum Gasteiger partial charge on any atom is -0.381 e. The second-order valence-electron chi connectivity index (χ2n) is 6.11. The highest BCUT2D eigenvalue weighted by Gasteiger charge is 2.18. The highest BCUT2D eigenvalue weighted by molar-refractivity contribution is 6.30. The molecule has 0 aromatic heterocycles. The summed E-state index contributed by atoms with van der Waals surface area (Å²) in [6, 6.07) is 6.32. The molecule has 2 rings (SSSR count). The number of nitrogens with two attached hydrogens (primary N) is 1. The van der Waals surface area contributed by atoms with Crippen LogP contribution < -0.4 is 10.6 Å². The summed E-state index contributed by atoms with van der Waals surface area (Å²) < 4.78 is 5.58. The van der Waals surface area contributed by atoms with E-state index in [0.29, 0.717) is 5.92 Å². The number of ether oxygens (including phenoxy) is 1. The first-order valence-electron chi connectivity index (χ1n) is 7.93. The number of hydrogen-bond donors (Lipinski definition) is 1. The molecule has 0 aliphatic carbocycles. The van der Waals surface area contributed by atoms with Crippen LogP contribution in [-0.2, 0) is 11.2 Å². The molecule has 21 heavy (non-hydrogen) atoms. The second-order valence-corrected chi connectivity index (χ2v) is 6.55. The van der Waals surface area contributed by atoms with Crippen LogP contribution in [0.15, 0.2) is 18.2 Å². The van der Waals surface area contributed by atoms with E-state index in [1.165, 1.54) is 24.1 Å². The van der Waals surface area contributed by atoms with Crippen LogP contribution in [0.5, 0.6) is 0 Å². The Kier molecular flexibility index (Phi) is 6.34. The molecule has 118 valence electrons. The maximum Gasteiger partial charge on any atom is 0.0511 e. The van der Waals surface area contributed by atoms with Gasteiger partial charge in [0, 0.05) is 37.0 Å². The van der Waals surface area contributed by atoms with Gasteiger partial charge in [-0.1, -0.05) is 18.5 Å². The van der Waals surface area contributed by atoms with Gasteiger partial charge in [0.15, 0.2) is 0 Å². The quantitative estimate of drug-likeness (QED) is 0.874. The smallest absolute Gasteiger partial charge is 0.0511 e. The fraction of sp³-hybridized carbons (Fsp3) is 0.647. The van der Waals surface area contributed by atoms with Crippen LogP contribution in [0, 0.1) is 5.92 Å². The average Bonchev–Trinajstić information content (AvgIpc) is 2.48. The number of hydrogen-bond acceptors (Lipinski definition) is 3. The number of halogens is 1. The van der Waals surface area contributed by atoms with Crippen molar-refractivity contribution >= 4 is 17.3 Å². The lowest BCUT2D eigenvalue weighted by Crippen LogP contribution is -2.32. The SMILES string of the molecule is CCC(N)Cc1cc(Cl)ccc1N(C)CC1CCCOC1. The van der Waals surface area contributed by atoms with Gasteiger partial charge in [-0.05, 0) is 55.4 Å². The third-order valence-corrected chi connectivity index (χ3v) is 4.48. The molecule has 1 fully saturated rings. The second kappa shape index (κ2) is 8.02. The topological polar surface area (TPSA) is 38.5 Å². The molecule has 2 N–H and O–H groups in total. The van der Waals surface area contributed by atoms with Crippen LogP contribution in [0.3, 0.4) is 0 Å². The predicted octanol–water partition coefficient (Wildman–Crippen LogP) is 3.48. The molecule has 1 aromatic rings. The van der Waals surface area contributed by atoms with Gasteiger partial charge in [0.05, 0.1) is 6.61 Å². The van der Waals surface area contributed by atoms with E-state index >= 15 is 0 Å². The molecule has 0 spiro atoms. The molecule has 0 radical (unpaired) electrons. The van der Waals surface area contributed by atoms with Gasteiger partial charge in [-0.2, -0.15) is 0 Å². The third kappa shape index (κ3) is 4.87. The summed E-state index contributed by atoms with van der Waals surface area (Å²) in [7, 11) is 2.15. The lowest BCUT2D eigenvalue weighted by Gasteiger charge is -2.30. The number of benzene rings is 1. The molecule has 0 saturated carbocycles. The summed E-state index contributed by atoms with van der Waals surface area (Å²) in [5.74, 6) is 0.618. The fourth-order valence-corrected chi connectivity index (χ4v) is 3.15. The molecule has 1 aliphatic rings. The van der Waals surface area contributed by atoms with E-state index < -0.39 is 0 Å². The van der Waals surface area contributed by atoms with Gasteiger partial charge in [0.2, 0.25) is 0 Å². The highest BCUT2D eigenvalue weighted by Crippen LogP contribution is 2.27. The molecular formula is C17H27ClN2O. The average molecular weight is 311 g/mol. The minimum absolute atomic E-state index is 0.189. The summed E-state index contributed by atoms with van der Waals surface area (Å²) in [6.45, 7) is 4.94. The van der Waals surface area contributed by atoms with Crippen molar-refractivity contribution in [1.82, 2.24) is 0 Å². The Morgan fingerprint density at radius 1 is 1.48 bits per heavy atom. The van der Waals surface area contributed by atoms with Crippen LogP contribution in [0.2, 0.25) is 5.02 Å². The Labute approximate surface area is 133 Å². The van der Waals surface area contributed by atoms with E-state index in [2.05, 4.69) is 31.0 Å². The summed E-state index contributed by atoms with van der Waals surface area (Å²) >= 11 is 6.16. The van der Waals surface area contributed by atoms with Crippen LogP contribution in [0.25, 0.3) is 0 Å². The monoisotopic (exact) mass is 310 g/mol. The summed E-state index contributed by atoms with van der Waals surface area (Å²) in [5, 5.41) is 0.784. The van der Waals surface area contributed by atoms with Gasteiger partial charge < -0.3 is 15.4 Å². The van der Waals surface area contributed by atoms with Crippen LogP contribution >= 0.6 is 11.6 Å². The van der Waals surface area contributed by atoms with Gasteiger partial charge in [0.25, 0.3) is 0 Å². The maximum absolute atomic E-state index is 6.16. The summed E-state index contributed by atoms with van der Waals surface area (Å²) in [6.07, 6.45) is 4.28. The van der Waals surface area contributed by atoms with Crippen LogP contribution in [-0.4, -0.2) is 32.8 Å². The number of nitrogens with zero attached hydrogens (tertiary/aromatic N) is 1. The third-order valence-electron chi connectivity index (χ3n) is 4.25. The normalized spacial score (nSPS) is 20.3. The van der Waals surface area contributed by atoms with Crippen molar-refractivity contribution in [3.05, 3.63) is 28.8 Å². The van der Waals surface area contributed by atoms with Crippen molar-refractivity contribution in [3.8, 4) is 0 Å². The largest absolute Gasteiger partial charge is 0.381 e. The molecule has 0 bridgehead atoms. The van der Waals surface area contributed by atoms with Crippen LogP contribution in [0.1, 0.15) is 31.7 Å². The molecular weight excluding hydrogens is 284 g/mol. The molecule has 2 unspecified atom stereocenters. The van der Waals surface area contributed by atoms with E-state index in [4.69, 9.17) is 22.1 Å². The first kappa shape index (κ1) is 16.6. The first-order chi connectivity index (χ1) is 10.1. The number of rotatable bonds is 6. The van der Waals surface area contributed by atoms with E-state index in [9.17, 15) is 0 Å². The van der Waals surface area contributed by atoms with Crippen molar-refractivity contribution in [1.29, 1.82) is 0 Å². The van der Waals surface area contributed by atoms with Crippen molar-refractivity contribution in [2.45, 2.75) is 38.6 Å². The van der Waals surface area contributed by atoms with E-state index in [-0.39, 0.29) is 6.04 Å². The minimum atomic E-state index is 0.189. The Morgan fingerprint density at radius 2 is 2.29 bits per heavy atom. The van der Waals surface area contributed by atoms with Gasteiger partial charge in [-0.3, -0.25) is 0 Å². The Morgan fingerprint density at radius 3 is 2.95 bits per heavy atom. The summed E-state index contributed by atoms with van der Waals surface area (Å²) in [5.41, 5.74) is 8.62.